The van der Waals surface area contributed by atoms with Crippen molar-refractivity contribution in [1.29, 1.82) is 0 Å². The Morgan fingerprint density at radius 2 is 1.45 bits per heavy atom. The van der Waals surface area contributed by atoms with Crippen molar-refractivity contribution in [3.63, 3.8) is 0 Å². The lowest BCUT2D eigenvalue weighted by molar-refractivity contribution is -0.119. The van der Waals surface area contributed by atoms with E-state index in [2.05, 4.69) is 16.0 Å². The average molecular weight is 456 g/mol. The monoisotopic (exact) mass is 455 g/mol. The molecule has 0 fully saturated rings. The second kappa shape index (κ2) is 10.3. The number of halogens is 2. The first-order valence-corrected chi connectivity index (χ1v) is 10.6. The number of amides is 2. The molecule has 0 unspecified atom stereocenters. The van der Waals surface area contributed by atoms with E-state index in [1.54, 1.807) is 42.5 Å². The molecule has 0 saturated carbocycles. The third-order valence-corrected chi connectivity index (χ3v) is 5.16. The third-order valence-electron chi connectivity index (χ3n) is 4.53. The Labute approximate surface area is 191 Å². The van der Waals surface area contributed by atoms with Gasteiger partial charge in [-0.3, -0.25) is 9.59 Å². The van der Waals surface area contributed by atoms with Crippen LogP contribution in [0.1, 0.15) is 19.4 Å². The van der Waals surface area contributed by atoms with E-state index in [1.165, 1.54) is 0 Å². The lowest BCUT2D eigenvalue weighted by Gasteiger charge is -2.15. The number of rotatable bonds is 7. The minimum atomic E-state index is -0.188. The number of carbonyl (C=O) groups excluding carboxylic acids is 2. The van der Waals surface area contributed by atoms with Gasteiger partial charge in [0, 0.05) is 23.0 Å². The van der Waals surface area contributed by atoms with Crippen molar-refractivity contribution < 1.29 is 9.59 Å². The zero-order valence-electron chi connectivity index (χ0n) is 17.2. The zero-order chi connectivity index (χ0) is 22.4. The molecule has 0 aromatic heterocycles. The van der Waals surface area contributed by atoms with Gasteiger partial charge in [0.15, 0.2) is 0 Å². The molecule has 7 heteroatoms. The summed E-state index contributed by atoms with van der Waals surface area (Å²) in [6.45, 7) is 3.64. The van der Waals surface area contributed by atoms with Gasteiger partial charge < -0.3 is 16.0 Å². The maximum absolute atomic E-state index is 12.7. The molecule has 0 bridgehead atoms. The van der Waals surface area contributed by atoms with Crippen LogP contribution < -0.4 is 16.0 Å². The van der Waals surface area contributed by atoms with E-state index in [-0.39, 0.29) is 24.2 Å². The predicted octanol–water partition coefficient (Wildman–Crippen LogP) is 6.51. The van der Waals surface area contributed by atoms with Gasteiger partial charge in [-0.2, -0.15) is 0 Å². The van der Waals surface area contributed by atoms with Crippen molar-refractivity contribution in [1.82, 2.24) is 0 Å². The molecule has 0 aliphatic rings. The topological polar surface area (TPSA) is 70.2 Å². The Bertz CT molecular complexity index is 1080. The molecule has 0 atom stereocenters. The summed E-state index contributed by atoms with van der Waals surface area (Å²) in [5, 5.41) is 9.92. The van der Waals surface area contributed by atoms with Crippen molar-refractivity contribution >= 4 is 57.8 Å². The fraction of sp³-hybridized carbons (Fsp3) is 0.167. The van der Waals surface area contributed by atoms with Gasteiger partial charge in [-0.15, -0.1) is 0 Å². The summed E-state index contributed by atoms with van der Waals surface area (Å²) in [6, 6.07) is 19.8. The molecule has 0 aliphatic carbocycles. The Balaban J connectivity index is 1.71. The molecule has 3 rings (SSSR count). The second-order valence-electron chi connectivity index (χ2n) is 7.33. The molecule has 2 amide bonds. The molecular formula is C24H23Cl2N3O2. The summed E-state index contributed by atoms with van der Waals surface area (Å²) in [5.74, 6) is -0.401. The predicted molar refractivity (Wildman–Crippen MR) is 128 cm³/mol. The summed E-state index contributed by atoms with van der Waals surface area (Å²) in [5.41, 5.74) is 3.36. The smallest absolute Gasteiger partial charge is 0.228 e. The van der Waals surface area contributed by atoms with Crippen molar-refractivity contribution in [3.8, 4) is 0 Å². The Morgan fingerprint density at radius 3 is 2.13 bits per heavy atom. The minimum absolute atomic E-state index is 0.0817. The molecule has 3 aromatic carbocycles. The fourth-order valence-electron chi connectivity index (χ4n) is 2.89. The third kappa shape index (κ3) is 6.23. The van der Waals surface area contributed by atoms with Crippen LogP contribution in [0.3, 0.4) is 0 Å². The molecular weight excluding hydrogens is 433 g/mol. The fourth-order valence-corrected chi connectivity index (χ4v) is 3.38. The van der Waals surface area contributed by atoms with E-state index in [1.807, 2.05) is 38.1 Å². The van der Waals surface area contributed by atoms with Crippen LogP contribution in [0.4, 0.5) is 22.7 Å². The van der Waals surface area contributed by atoms with Crippen LogP contribution in [-0.4, -0.2) is 11.8 Å². The molecule has 0 aliphatic heterocycles. The molecule has 0 saturated heterocycles. The Morgan fingerprint density at radius 1 is 0.839 bits per heavy atom. The first kappa shape index (κ1) is 22.7. The number of anilines is 4. The summed E-state index contributed by atoms with van der Waals surface area (Å²) < 4.78 is 0. The van der Waals surface area contributed by atoms with Gasteiger partial charge in [-0.1, -0.05) is 67.4 Å². The zero-order valence-corrected chi connectivity index (χ0v) is 18.7. The highest BCUT2D eigenvalue weighted by Gasteiger charge is 2.12. The molecule has 3 N–H and O–H groups in total. The number of hydrogen-bond acceptors (Lipinski definition) is 3. The highest BCUT2D eigenvalue weighted by Crippen LogP contribution is 2.33. The molecule has 5 nitrogen and oxygen atoms in total. The minimum Gasteiger partial charge on any atom is -0.353 e. The number of para-hydroxylation sites is 2. The van der Waals surface area contributed by atoms with E-state index in [0.29, 0.717) is 27.1 Å². The number of carbonyl (C=O) groups is 2. The van der Waals surface area contributed by atoms with Crippen LogP contribution in [0.2, 0.25) is 10.0 Å². The summed E-state index contributed by atoms with van der Waals surface area (Å²) >= 11 is 12.5. The van der Waals surface area contributed by atoms with Gasteiger partial charge in [-0.25, -0.2) is 0 Å². The van der Waals surface area contributed by atoms with Crippen LogP contribution in [0, 0.1) is 5.92 Å². The van der Waals surface area contributed by atoms with Crippen LogP contribution in [0.25, 0.3) is 0 Å². The van der Waals surface area contributed by atoms with Gasteiger partial charge in [0.2, 0.25) is 11.8 Å². The van der Waals surface area contributed by atoms with Crippen molar-refractivity contribution in [2.24, 2.45) is 5.92 Å². The Kier molecular flexibility index (Phi) is 7.55. The van der Waals surface area contributed by atoms with E-state index < -0.39 is 0 Å². The van der Waals surface area contributed by atoms with E-state index in [4.69, 9.17) is 23.2 Å². The largest absolute Gasteiger partial charge is 0.353 e. The second-order valence-corrected chi connectivity index (χ2v) is 8.14. The van der Waals surface area contributed by atoms with Crippen LogP contribution in [-0.2, 0) is 16.0 Å². The van der Waals surface area contributed by atoms with Gasteiger partial charge in [0.25, 0.3) is 0 Å². The summed E-state index contributed by atoms with van der Waals surface area (Å²) in [7, 11) is 0. The first-order chi connectivity index (χ1) is 14.8. The van der Waals surface area contributed by atoms with Crippen molar-refractivity contribution in [3.05, 3.63) is 82.3 Å². The van der Waals surface area contributed by atoms with Gasteiger partial charge in [0.05, 0.1) is 22.2 Å². The summed E-state index contributed by atoms with van der Waals surface area (Å²) in [6.07, 6.45) is 0.147. The van der Waals surface area contributed by atoms with E-state index in [0.717, 1.165) is 11.3 Å². The first-order valence-electron chi connectivity index (χ1n) is 9.83. The SMILES string of the molecule is CC(C)C(=O)Nc1cccc(NC(=O)Cc2ccccc2Nc2c(Cl)cccc2Cl)c1. The van der Waals surface area contributed by atoms with E-state index in [9.17, 15) is 9.59 Å². The molecule has 31 heavy (non-hydrogen) atoms. The number of benzene rings is 3. The van der Waals surface area contributed by atoms with Crippen molar-refractivity contribution in [2.75, 3.05) is 16.0 Å². The van der Waals surface area contributed by atoms with Gasteiger partial charge >= 0.3 is 0 Å². The molecule has 160 valence electrons. The normalized spacial score (nSPS) is 10.6. The Hall–Kier alpha value is -3.02. The highest BCUT2D eigenvalue weighted by atomic mass is 35.5. The lowest BCUT2D eigenvalue weighted by atomic mass is 10.1. The van der Waals surface area contributed by atoms with Crippen molar-refractivity contribution in [2.45, 2.75) is 20.3 Å². The van der Waals surface area contributed by atoms with Crippen LogP contribution in [0.15, 0.2) is 66.7 Å². The van der Waals surface area contributed by atoms with Crippen LogP contribution >= 0.6 is 23.2 Å². The van der Waals surface area contributed by atoms with E-state index >= 15 is 0 Å². The molecule has 0 heterocycles. The molecule has 0 spiro atoms. The highest BCUT2D eigenvalue weighted by molar-refractivity contribution is 6.39. The summed E-state index contributed by atoms with van der Waals surface area (Å²) in [4.78, 5) is 24.6. The quantitative estimate of drug-likeness (QED) is 0.380. The lowest BCUT2D eigenvalue weighted by Crippen LogP contribution is -2.18. The average Bonchev–Trinajstić information content (AvgIpc) is 2.72. The van der Waals surface area contributed by atoms with Gasteiger partial charge in [0.1, 0.15) is 0 Å². The number of hydrogen-bond donors (Lipinski definition) is 3. The maximum Gasteiger partial charge on any atom is 0.228 e. The maximum atomic E-state index is 12.7. The standard InChI is InChI=1S/C24H23Cl2N3O2/c1-15(2)24(31)28-18-9-5-8-17(14-18)27-22(30)13-16-7-3-4-12-21(16)29-23-19(25)10-6-11-20(23)26/h3-12,14-15,29H,13H2,1-2H3,(H,27,30)(H,28,31). The van der Waals surface area contributed by atoms with Crippen LogP contribution in [0.5, 0.6) is 0 Å². The van der Waals surface area contributed by atoms with Gasteiger partial charge in [-0.05, 0) is 42.0 Å². The molecule has 3 aromatic rings. The number of nitrogens with one attached hydrogen (secondary N) is 3. The molecule has 0 radical (unpaired) electrons.